The van der Waals surface area contributed by atoms with E-state index in [-0.39, 0.29) is 25.2 Å². The van der Waals surface area contributed by atoms with Gasteiger partial charge in [-0.3, -0.25) is 9.78 Å². The van der Waals surface area contributed by atoms with Gasteiger partial charge in [0, 0.05) is 23.6 Å². The fourth-order valence-electron chi connectivity index (χ4n) is 4.46. The quantitative estimate of drug-likeness (QED) is 0.547. The molecule has 0 saturated carbocycles. The average Bonchev–Trinajstić information content (AvgIpc) is 3.44. The molecule has 0 unspecified atom stereocenters. The molecule has 5 rings (SSSR count). The first-order valence-electron chi connectivity index (χ1n) is 10.7. The van der Waals surface area contributed by atoms with Crippen molar-refractivity contribution in [3.8, 4) is 17.2 Å². The second-order valence-corrected chi connectivity index (χ2v) is 8.00. The van der Waals surface area contributed by atoms with Crippen LogP contribution in [0.2, 0.25) is 0 Å². The summed E-state index contributed by atoms with van der Waals surface area (Å²) < 4.78 is 16.2. The number of hydrogen-bond acceptors (Lipinski definition) is 6. The summed E-state index contributed by atoms with van der Waals surface area (Å²) in [6, 6.07) is 16.1. The zero-order chi connectivity index (χ0) is 23.8. The lowest BCUT2D eigenvalue weighted by Gasteiger charge is -2.15. The topological polar surface area (TPSA) is 115 Å². The number of aromatic nitrogens is 1. The highest BCUT2D eigenvalue weighted by Crippen LogP contribution is 2.49. The normalized spacial score (nSPS) is 15.9. The van der Waals surface area contributed by atoms with Crippen LogP contribution in [0.25, 0.3) is 5.57 Å². The molecule has 1 aromatic heterocycles. The molecular formula is C26H21NO7. The molecule has 3 aromatic rings. The summed E-state index contributed by atoms with van der Waals surface area (Å²) >= 11 is 0. The minimum atomic E-state index is -1.06. The van der Waals surface area contributed by atoms with Crippen LogP contribution in [-0.2, 0) is 16.0 Å². The molecule has 8 nitrogen and oxygen atoms in total. The number of nitrogens with zero attached hydrogens (tertiary/aromatic N) is 1. The lowest BCUT2D eigenvalue weighted by atomic mass is 9.88. The molecule has 2 heterocycles. The number of methoxy groups -OCH3 is 1. The highest BCUT2D eigenvalue weighted by Gasteiger charge is 2.39. The predicted octanol–water partition coefficient (Wildman–Crippen LogP) is 3.87. The minimum Gasteiger partial charge on any atom is -0.497 e. The summed E-state index contributed by atoms with van der Waals surface area (Å²) in [5.74, 6) is -0.737. The van der Waals surface area contributed by atoms with Crippen molar-refractivity contribution in [3.63, 3.8) is 0 Å². The Balaban J connectivity index is 1.70. The Morgan fingerprint density at radius 3 is 2.50 bits per heavy atom. The largest absolute Gasteiger partial charge is 0.497 e. The summed E-state index contributed by atoms with van der Waals surface area (Å²) in [5, 5.41) is 19.4. The Bertz CT molecular complexity index is 1330. The van der Waals surface area contributed by atoms with Gasteiger partial charge in [0.25, 0.3) is 0 Å². The van der Waals surface area contributed by atoms with Gasteiger partial charge in [-0.25, -0.2) is 4.79 Å². The Kier molecular flexibility index (Phi) is 5.41. The highest BCUT2D eigenvalue weighted by atomic mass is 16.7. The number of carbonyl (C=O) groups is 2. The zero-order valence-corrected chi connectivity index (χ0v) is 18.3. The van der Waals surface area contributed by atoms with Crippen molar-refractivity contribution >= 4 is 17.5 Å². The van der Waals surface area contributed by atoms with Crippen molar-refractivity contribution < 1.29 is 34.0 Å². The molecule has 0 spiro atoms. The molecule has 2 aromatic carbocycles. The molecule has 0 bridgehead atoms. The monoisotopic (exact) mass is 459 g/mol. The van der Waals surface area contributed by atoms with Crippen molar-refractivity contribution in [2.24, 2.45) is 0 Å². The van der Waals surface area contributed by atoms with E-state index in [1.807, 2.05) is 12.1 Å². The summed E-state index contributed by atoms with van der Waals surface area (Å²) in [6.07, 6.45) is 0.181. The van der Waals surface area contributed by atoms with Crippen molar-refractivity contribution in [1.29, 1.82) is 0 Å². The summed E-state index contributed by atoms with van der Waals surface area (Å²) in [7, 11) is 1.56. The van der Waals surface area contributed by atoms with Gasteiger partial charge in [-0.1, -0.05) is 24.3 Å². The van der Waals surface area contributed by atoms with Gasteiger partial charge in [-0.2, -0.15) is 0 Å². The third-order valence-electron chi connectivity index (χ3n) is 6.02. The van der Waals surface area contributed by atoms with Gasteiger partial charge < -0.3 is 24.4 Å². The Hall–Kier alpha value is -4.33. The van der Waals surface area contributed by atoms with E-state index in [1.165, 1.54) is 0 Å². The SMILES string of the molecule is COc1ccc(C2=C(C(=O)O)[C@@H](c3ccc4c(c3)OCO4)c3ccc(CCC(=O)O)nc32)cc1. The van der Waals surface area contributed by atoms with Gasteiger partial charge in [0.15, 0.2) is 11.5 Å². The second kappa shape index (κ2) is 8.55. The number of hydrogen-bond donors (Lipinski definition) is 2. The number of carboxylic acids is 2. The van der Waals surface area contributed by atoms with Crippen LogP contribution < -0.4 is 14.2 Å². The van der Waals surface area contributed by atoms with Crippen molar-refractivity contribution in [3.05, 3.63) is 88.2 Å². The number of pyridine rings is 1. The van der Waals surface area contributed by atoms with Crippen LogP contribution in [0.15, 0.2) is 60.2 Å². The van der Waals surface area contributed by atoms with Crippen LogP contribution in [-0.4, -0.2) is 41.0 Å². The van der Waals surface area contributed by atoms with Crippen LogP contribution in [0.5, 0.6) is 17.2 Å². The third kappa shape index (κ3) is 3.73. The predicted molar refractivity (Wildman–Crippen MR) is 121 cm³/mol. The molecule has 1 aliphatic heterocycles. The van der Waals surface area contributed by atoms with Crippen LogP contribution >= 0.6 is 0 Å². The molecule has 0 fully saturated rings. The van der Waals surface area contributed by atoms with Crippen molar-refractivity contribution in [2.75, 3.05) is 13.9 Å². The Labute approximate surface area is 195 Å². The van der Waals surface area contributed by atoms with Gasteiger partial charge in [0.1, 0.15) is 5.75 Å². The van der Waals surface area contributed by atoms with Crippen LogP contribution in [0.3, 0.4) is 0 Å². The molecule has 2 aliphatic rings. The van der Waals surface area contributed by atoms with Crippen LogP contribution in [0.4, 0.5) is 0 Å². The average molecular weight is 459 g/mol. The van der Waals surface area contributed by atoms with Crippen LogP contribution in [0.1, 0.15) is 40.4 Å². The molecular weight excluding hydrogens is 438 g/mol. The molecule has 0 radical (unpaired) electrons. The van der Waals surface area contributed by atoms with E-state index in [4.69, 9.17) is 24.3 Å². The number of ether oxygens (including phenoxy) is 3. The maximum Gasteiger partial charge on any atom is 0.333 e. The van der Waals surface area contributed by atoms with E-state index < -0.39 is 17.9 Å². The van der Waals surface area contributed by atoms with E-state index in [2.05, 4.69) is 0 Å². The fourth-order valence-corrected chi connectivity index (χ4v) is 4.46. The first kappa shape index (κ1) is 21.5. The first-order valence-corrected chi connectivity index (χ1v) is 10.7. The summed E-state index contributed by atoms with van der Waals surface area (Å²) in [5.41, 5.74) is 3.99. The van der Waals surface area contributed by atoms with E-state index in [1.54, 1.807) is 49.6 Å². The third-order valence-corrected chi connectivity index (χ3v) is 6.02. The van der Waals surface area contributed by atoms with Gasteiger partial charge in [-0.05, 0) is 47.0 Å². The maximum absolute atomic E-state index is 12.7. The lowest BCUT2D eigenvalue weighted by molar-refractivity contribution is -0.137. The van der Waals surface area contributed by atoms with E-state index in [0.29, 0.717) is 39.8 Å². The van der Waals surface area contributed by atoms with E-state index in [0.717, 1.165) is 11.1 Å². The van der Waals surface area contributed by atoms with Gasteiger partial charge in [0.05, 0.1) is 24.8 Å². The molecule has 0 saturated heterocycles. The number of aryl methyl sites for hydroxylation is 1. The maximum atomic E-state index is 12.7. The standard InChI is InChI=1S/C26H21NO7/c1-32-17-7-2-14(3-8-17)23-24(26(30)31)22(15-4-10-19-20(12-15)34-13-33-19)18-9-5-16(27-25(18)23)6-11-21(28)29/h2-5,7-10,12,22H,6,11,13H2,1H3,(H,28,29)(H,30,31)/t22-/m0/s1. The van der Waals surface area contributed by atoms with E-state index >= 15 is 0 Å². The Morgan fingerprint density at radius 1 is 1.03 bits per heavy atom. The number of benzene rings is 2. The molecule has 172 valence electrons. The number of carboxylic acid groups (broad SMARTS) is 2. The lowest BCUT2D eigenvalue weighted by Crippen LogP contribution is -2.10. The first-order chi connectivity index (χ1) is 16.5. The molecule has 1 aliphatic carbocycles. The molecule has 8 heteroatoms. The Morgan fingerprint density at radius 2 is 1.79 bits per heavy atom. The summed E-state index contributed by atoms with van der Waals surface area (Å²) in [6.45, 7) is 0.118. The molecule has 0 amide bonds. The molecule has 34 heavy (non-hydrogen) atoms. The number of fused-ring (bicyclic) bond motifs is 2. The molecule has 2 N–H and O–H groups in total. The smallest absolute Gasteiger partial charge is 0.333 e. The van der Waals surface area contributed by atoms with Gasteiger partial charge in [0.2, 0.25) is 6.79 Å². The second-order valence-electron chi connectivity index (χ2n) is 8.00. The van der Waals surface area contributed by atoms with E-state index in [9.17, 15) is 14.7 Å². The van der Waals surface area contributed by atoms with Crippen molar-refractivity contribution in [1.82, 2.24) is 4.98 Å². The minimum absolute atomic E-state index is 0.0647. The fraction of sp³-hybridized carbons (Fsp3) is 0.192. The number of aliphatic carboxylic acids is 2. The zero-order valence-electron chi connectivity index (χ0n) is 18.3. The summed E-state index contributed by atoms with van der Waals surface area (Å²) in [4.78, 5) is 28.5. The number of rotatable bonds is 7. The molecule has 1 atom stereocenters. The van der Waals surface area contributed by atoms with Crippen LogP contribution in [0, 0.1) is 0 Å². The van der Waals surface area contributed by atoms with Crippen molar-refractivity contribution in [2.45, 2.75) is 18.8 Å². The van der Waals surface area contributed by atoms with Gasteiger partial charge in [-0.15, -0.1) is 0 Å². The highest BCUT2D eigenvalue weighted by molar-refractivity contribution is 6.06. The van der Waals surface area contributed by atoms with Gasteiger partial charge >= 0.3 is 11.9 Å².